The van der Waals surface area contributed by atoms with Crippen LogP contribution in [0.15, 0.2) is 18.2 Å². The SMILES string of the molecule is CC(NN(C)C)c1cc(F)cc(F)c1. The largest absolute Gasteiger partial charge is 0.250 e. The highest BCUT2D eigenvalue weighted by molar-refractivity contribution is 5.20. The molecule has 0 bridgehead atoms. The fourth-order valence-electron chi connectivity index (χ4n) is 1.29. The van der Waals surface area contributed by atoms with E-state index in [-0.39, 0.29) is 6.04 Å². The van der Waals surface area contributed by atoms with Gasteiger partial charge in [-0.3, -0.25) is 5.01 Å². The van der Waals surface area contributed by atoms with Crippen molar-refractivity contribution in [1.29, 1.82) is 0 Å². The van der Waals surface area contributed by atoms with E-state index in [2.05, 4.69) is 5.43 Å². The van der Waals surface area contributed by atoms with Gasteiger partial charge < -0.3 is 0 Å². The topological polar surface area (TPSA) is 15.3 Å². The molecule has 1 atom stereocenters. The molecule has 0 aliphatic carbocycles. The molecule has 0 aliphatic rings. The van der Waals surface area contributed by atoms with Crippen LogP contribution in [0.4, 0.5) is 8.78 Å². The molecule has 14 heavy (non-hydrogen) atoms. The second-order valence-corrected chi connectivity index (χ2v) is 3.45. The minimum Gasteiger partial charge on any atom is -0.250 e. The van der Waals surface area contributed by atoms with E-state index in [0.717, 1.165) is 6.07 Å². The first-order valence-corrected chi connectivity index (χ1v) is 4.38. The second-order valence-electron chi connectivity index (χ2n) is 3.45. The molecule has 0 saturated heterocycles. The van der Waals surface area contributed by atoms with E-state index in [4.69, 9.17) is 0 Å². The molecule has 0 aromatic heterocycles. The molecule has 0 radical (unpaired) electrons. The predicted octanol–water partition coefficient (Wildman–Crippen LogP) is 2.09. The average molecular weight is 200 g/mol. The van der Waals surface area contributed by atoms with Crippen molar-refractivity contribution in [1.82, 2.24) is 10.4 Å². The Labute approximate surface area is 82.5 Å². The molecule has 1 aromatic carbocycles. The molecule has 1 N–H and O–H groups in total. The second kappa shape index (κ2) is 4.48. The lowest BCUT2D eigenvalue weighted by atomic mass is 10.1. The third kappa shape index (κ3) is 3.05. The van der Waals surface area contributed by atoms with Crippen LogP contribution in [0.25, 0.3) is 0 Å². The van der Waals surface area contributed by atoms with Crippen molar-refractivity contribution in [2.45, 2.75) is 13.0 Å². The normalized spacial score (nSPS) is 13.3. The maximum Gasteiger partial charge on any atom is 0.126 e. The first kappa shape index (κ1) is 11.1. The molecule has 0 fully saturated rings. The standard InChI is InChI=1S/C10H14F2N2/c1-7(13-14(2)3)8-4-9(11)6-10(12)5-8/h4-7,13H,1-3H3. The Balaban J connectivity index is 2.84. The fourth-order valence-corrected chi connectivity index (χ4v) is 1.29. The summed E-state index contributed by atoms with van der Waals surface area (Å²) in [5, 5.41) is 1.74. The minimum atomic E-state index is -0.549. The van der Waals surface area contributed by atoms with Gasteiger partial charge in [-0.1, -0.05) is 0 Å². The summed E-state index contributed by atoms with van der Waals surface area (Å²) in [7, 11) is 3.65. The number of halogens is 2. The number of hydrogen-bond acceptors (Lipinski definition) is 2. The van der Waals surface area contributed by atoms with Crippen LogP contribution in [0.3, 0.4) is 0 Å². The van der Waals surface area contributed by atoms with Gasteiger partial charge in [0.1, 0.15) is 11.6 Å². The summed E-state index contributed by atoms with van der Waals surface area (Å²) in [4.78, 5) is 0. The molecule has 0 aliphatic heterocycles. The highest BCUT2D eigenvalue weighted by Crippen LogP contribution is 2.15. The molecule has 4 heteroatoms. The molecule has 1 rings (SSSR count). The molecule has 2 nitrogen and oxygen atoms in total. The third-order valence-electron chi connectivity index (χ3n) is 1.84. The number of nitrogens with one attached hydrogen (secondary N) is 1. The number of benzene rings is 1. The molecular formula is C10H14F2N2. The summed E-state index contributed by atoms with van der Waals surface area (Å²) in [6, 6.07) is 3.40. The maximum atomic E-state index is 12.8. The van der Waals surface area contributed by atoms with Crippen LogP contribution in [-0.4, -0.2) is 19.1 Å². The molecule has 0 amide bonds. The van der Waals surface area contributed by atoms with E-state index in [9.17, 15) is 8.78 Å². The van der Waals surface area contributed by atoms with E-state index in [0.29, 0.717) is 5.56 Å². The van der Waals surface area contributed by atoms with Crippen molar-refractivity contribution in [3.8, 4) is 0 Å². The first-order valence-electron chi connectivity index (χ1n) is 4.38. The summed E-state index contributed by atoms with van der Waals surface area (Å²) in [6.45, 7) is 1.84. The maximum absolute atomic E-state index is 12.8. The quantitative estimate of drug-likeness (QED) is 0.751. The highest BCUT2D eigenvalue weighted by atomic mass is 19.1. The summed E-state index contributed by atoms with van der Waals surface area (Å²) < 4.78 is 25.7. The first-order chi connectivity index (χ1) is 6.49. The predicted molar refractivity (Wildman–Crippen MR) is 51.6 cm³/mol. The number of rotatable bonds is 3. The van der Waals surface area contributed by atoms with Crippen LogP contribution in [0.5, 0.6) is 0 Å². The molecular weight excluding hydrogens is 186 g/mol. The van der Waals surface area contributed by atoms with E-state index in [1.807, 2.05) is 21.0 Å². The van der Waals surface area contributed by atoms with Gasteiger partial charge in [0.15, 0.2) is 0 Å². The Morgan fingerprint density at radius 2 is 1.64 bits per heavy atom. The number of hydrazine groups is 1. The minimum absolute atomic E-state index is 0.116. The van der Waals surface area contributed by atoms with Gasteiger partial charge in [-0.15, -0.1) is 0 Å². The van der Waals surface area contributed by atoms with Crippen molar-refractivity contribution in [3.05, 3.63) is 35.4 Å². The van der Waals surface area contributed by atoms with Gasteiger partial charge in [-0.25, -0.2) is 14.2 Å². The van der Waals surface area contributed by atoms with Crippen molar-refractivity contribution in [3.63, 3.8) is 0 Å². The van der Waals surface area contributed by atoms with Crippen molar-refractivity contribution >= 4 is 0 Å². The Bertz CT molecular complexity index is 293. The molecule has 1 aromatic rings. The average Bonchev–Trinajstić information content (AvgIpc) is 2.00. The summed E-state index contributed by atoms with van der Waals surface area (Å²) >= 11 is 0. The van der Waals surface area contributed by atoms with Crippen LogP contribution in [-0.2, 0) is 0 Å². The lowest BCUT2D eigenvalue weighted by Crippen LogP contribution is -2.32. The van der Waals surface area contributed by atoms with Crippen molar-refractivity contribution in [2.24, 2.45) is 0 Å². The monoisotopic (exact) mass is 200 g/mol. The lowest BCUT2D eigenvalue weighted by Gasteiger charge is -2.19. The van der Waals surface area contributed by atoms with Gasteiger partial charge in [-0.05, 0) is 24.6 Å². The van der Waals surface area contributed by atoms with Gasteiger partial charge >= 0.3 is 0 Å². The van der Waals surface area contributed by atoms with Gasteiger partial charge in [0, 0.05) is 26.2 Å². The molecule has 1 unspecified atom stereocenters. The van der Waals surface area contributed by atoms with Crippen LogP contribution in [0.1, 0.15) is 18.5 Å². The van der Waals surface area contributed by atoms with Crippen LogP contribution >= 0.6 is 0 Å². The zero-order valence-corrected chi connectivity index (χ0v) is 8.51. The zero-order valence-electron chi connectivity index (χ0n) is 8.51. The molecule has 0 heterocycles. The lowest BCUT2D eigenvalue weighted by molar-refractivity contribution is 0.251. The van der Waals surface area contributed by atoms with Crippen LogP contribution in [0.2, 0.25) is 0 Å². The molecule has 0 spiro atoms. The van der Waals surface area contributed by atoms with Crippen LogP contribution in [0, 0.1) is 11.6 Å². The summed E-state index contributed by atoms with van der Waals surface area (Å²) in [5.74, 6) is -1.10. The van der Waals surface area contributed by atoms with Gasteiger partial charge in [0.25, 0.3) is 0 Å². The Morgan fingerprint density at radius 3 is 2.07 bits per heavy atom. The Hall–Kier alpha value is -1.00. The fraction of sp³-hybridized carbons (Fsp3) is 0.400. The molecule has 78 valence electrons. The smallest absolute Gasteiger partial charge is 0.126 e. The van der Waals surface area contributed by atoms with Crippen molar-refractivity contribution < 1.29 is 8.78 Å². The number of nitrogens with zero attached hydrogens (tertiary/aromatic N) is 1. The molecule has 0 saturated carbocycles. The van der Waals surface area contributed by atoms with E-state index >= 15 is 0 Å². The Kier molecular flexibility index (Phi) is 3.55. The van der Waals surface area contributed by atoms with Crippen molar-refractivity contribution in [2.75, 3.05) is 14.1 Å². The summed E-state index contributed by atoms with van der Waals surface area (Å²) in [5.41, 5.74) is 3.61. The van der Waals surface area contributed by atoms with E-state index in [1.54, 1.807) is 5.01 Å². The third-order valence-corrected chi connectivity index (χ3v) is 1.84. The van der Waals surface area contributed by atoms with Gasteiger partial charge in [0.05, 0.1) is 0 Å². The zero-order chi connectivity index (χ0) is 10.7. The summed E-state index contributed by atoms with van der Waals surface area (Å²) in [6.07, 6.45) is 0. The van der Waals surface area contributed by atoms with Gasteiger partial charge in [0.2, 0.25) is 0 Å². The van der Waals surface area contributed by atoms with Gasteiger partial charge in [-0.2, -0.15) is 0 Å². The van der Waals surface area contributed by atoms with E-state index < -0.39 is 11.6 Å². The van der Waals surface area contributed by atoms with Crippen LogP contribution < -0.4 is 5.43 Å². The number of hydrogen-bond donors (Lipinski definition) is 1. The van der Waals surface area contributed by atoms with E-state index in [1.165, 1.54) is 12.1 Å². The Morgan fingerprint density at radius 1 is 1.14 bits per heavy atom. The highest BCUT2D eigenvalue weighted by Gasteiger charge is 2.08.